The number of ether oxygens (including phenoxy) is 3. The maximum absolute atomic E-state index is 12.0. The van der Waals surface area contributed by atoms with E-state index in [9.17, 15) is 9.59 Å². The lowest BCUT2D eigenvalue weighted by atomic mass is 10.0. The minimum Gasteiger partial charge on any atom is -0.463 e. The molecule has 0 unspecified atom stereocenters. The summed E-state index contributed by atoms with van der Waals surface area (Å²) >= 11 is 1.69. The summed E-state index contributed by atoms with van der Waals surface area (Å²) in [4.78, 5) is 24.0. The lowest BCUT2D eigenvalue weighted by Crippen LogP contribution is -2.29. The minimum atomic E-state index is -0.345. The van der Waals surface area contributed by atoms with Gasteiger partial charge >= 0.3 is 12.1 Å². The molecule has 7 nitrogen and oxygen atoms in total. The molecule has 2 heterocycles. The highest BCUT2D eigenvalue weighted by atomic mass is 32.1. The summed E-state index contributed by atoms with van der Waals surface area (Å²) in [5, 5.41) is 4.93. The van der Waals surface area contributed by atoms with Gasteiger partial charge in [0.25, 0.3) is 0 Å². The van der Waals surface area contributed by atoms with Crippen molar-refractivity contribution in [2.24, 2.45) is 5.92 Å². The highest BCUT2D eigenvalue weighted by Crippen LogP contribution is 2.20. The van der Waals surface area contributed by atoms with Gasteiger partial charge in [0.2, 0.25) is 5.51 Å². The zero-order chi connectivity index (χ0) is 29.2. The summed E-state index contributed by atoms with van der Waals surface area (Å²) in [7, 11) is 0. The van der Waals surface area contributed by atoms with E-state index in [1.165, 1.54) is 83.5 Å². The molecule has 0 saturated carbocycles. The van der Waals surface area contributed by atoms with Crippen molar-refractivity contribution in [2.75, 3.05) is 26.4 Å². The van der Waals surface area contributed by atoms with Crippen LogP contribution in [0.1, 0.15) is 135 Å². The van der Waals surface area contributed by atoms with Gasteiger partial charge in [-0.2, -0.15) is 4.57 Å². The molecule has 41 heavy (non-hydrogen) atoms. The van der Waals surface area contributed by atoms with Crippen LogP contribution in [0.4, 0.5) is 4.79 Å². The number of carbonyl (C=O) groups is 2. The maximum Gasteiger partial charge on any atom is 0.407 e. The molecule has 0 aliphatic carbocycles. The van der Waals surface area contributed by atoms with Crippen LogP contribution in [0.15, 0.2) is 17.1 Å². The number of alkyl carbamates (subject to hydrolysis) is 1. The van der Waals surface area contributed by atoms with Crippen molar-refractivity contribution in [3.8, 4) is 0 Å². The fourth-order valence-corrected chi connectivity index (χ4v) is 5.96. The van der Waals surface area contributed by atoms with E-state index in [0.29, 0.717) is 26.2 Å². The normalized spacial score (nSPS) is 16.6. The largest absolute Gasteiger partial charge is 0.463 e. The van der Waals surface area contributed by atoms with Gasteiger partial charge < -0.3 is 19.5 Å². The van der Waals surface area contributed by atoms with E-state index in [1.807, 2.05) is 0 Å². The molecule has 1 aliphatic heterocycles. The predicted octanol–water partition coefficient (Wildman–Crippen LogP) is 8.14. The number of amides is 1. The van der Waals surface area contributed by atoms with Gasteiger partial charge in [-0.25, -0.2) is 4.79 Å². The molecule has 0 aromatic carbocycles. The first-order valence-electron chi connectivity index (χ1n) is 16.8. The molecule has 1 aromatic rings. The zero-order valence-corrected chi connectivity index (χ0v) is 26.8. The van der Waals surface area contributed by atoms with Crippen LogP contribution >= 0.6 is 11.3 Å². The number of hydrogen-bond donors (Lipinski definition) is 1. The first-order chi connectivity index (χ1) is 20.2. The molecular weight excluding hydrogens is 536 g/mol. The standard InChI is InChI=1S/C33H58N2O5S/c1-2-3-4-5-6-7-8-9-10-11-12-13-14-15-18-21-34-33(37)40-27-30-25-31(38-26-30)28-39-32(36)20-17-16-19-22-35-23-24-41-29-35/h23-24,29-31H,2-22,25-28H2,1H3/p+1/t30-,31+/m1/s1. The van der Waals surface area contributed by atoms with Crippen molar-refractivity contribution in [2.45, 2.75) is 148 Å². The van der Waals surface area contributed by atoms with Gasteiger partial charge in [-0.1, -0.05) is 108 Å². The summed E-state index contributed by atoms with van der Waals surface area (Å²) in [5.41, 5.74) is 2.10. The molecule has 2 atom stereocenters. The number of esters is 1. The van der Waals surface area contributed by atoms with Gasteiger partial charge in [-0.15, -0.1) is 0 Å². The Morgan fingerprint density at radius 2 is 1.46 bits per heavy atom. The van der Waals surface area contributed by atoms with Crippen molar-refractivity contribution in [1.29, 1.82) is 0 Å². The summed E-state index contributed by atoms with van der Waals surface area (Å²) in [6.07, 6.45) is 25.8. The Morgan fingerprint density at radius 1 is 0.829 bits per heavy atom. The molecule has 1 amide bonds. The Labute approximate surface area is 254 Å². The van der Waals surface area contributed by atoms with Gasteiger partial charge in [-0.05, 0) is 25.7 Å². The van der Waals surface area contributed by atoms with E-state index in [0.717, 1.165) is 45.1 Å². The highest BCUT2D eigenvalue weighted by Gasteiger charge is 2.27. The second-order valence-corrected chi connectivity index (χ2v) is 12.5. The Hall–Kier alpha value is -1.67. The summed E-state index contributed by atoms with van der Waals surface area (Å²) < 4.78 is 18.7. The lowest BCUT2D eigenvalue weighted by Gasteiger charge is -2.11. The highest BCUT2D eigenvalue weighted by molar-refractivity contribution is 7.07. The summed E-state index contributed by atoms with van der Waals surface area (Å²) in [5.74, 6) is -0.000446. The number of carbonyl (C=O) groups excluding carboxylic acids is 2. The fourth-order valence-electron chi connectivity index (χ4n) is 5.33. The van der Waals surface area contributed by atoms with E-state index in [2.05, 4.69) is 33.9 Å². The smallest absolute Gasteiger partial charge is 0.407 e. The number of nitrogens with zero attached hydrogens (tertiary/aromatic N) is 1. The average molecular weight is 596 g/mol. The maximum atomic E-state index is 12.0. The van der Waals surface area contributed by atoms with Crippen LogP contribution in [0, 0.1) is 5.92 Å². The molecule has 8 heteroatoms. The van der Waals surface area contributed by atoms with Crippen LogP contribution in [0.3, 0.4) is 0 Å². The minimum absolute atomic E-state index is 0.106. The topological polar surface area (TPSA) is 77.7 Å². The number of aromatic nitrogens is 1. The van der Waals surface area contributed by atoms with E-state index < -0.39 is 0 Å². The van der Waals surface area contributed by atoms with Gasteiger partial charge in [0.15, 0.2) is 6.20 Å². The Balaban J connectivity index is 1.31. The third-order valence-corrected chi connectivity index (χ3v) is 8.59. The van der Waals surface area contributed by atoms with Crippen LogP contribution in [0.25, 0.3) is 0 Å². The zero-order valence-electron chi connectivity index (χ0n) is 26.0. The molecule has 2 rings (SSSR count). The second kappa shape index (κ2) is 24.9. The van der Waals surface area contributed by atoms with Gasteiger partial charge in [0.1, 0.15) is 13.2 Å². The Kier molecular flexibility index (Phi) is 21.6. The molecule has 1 N–H and O–H groups in total. The average Bonchev–Trinajstić information content (AvgIpc) is 3.67. The quantitative estimate of drug-likeness (QED) is 0.0664. The molecule has 1 fully saturated rings. The van der Waals surface area contributed by atoms with E-state index in [1.54, 1.807) is 11.3 Å². The first-order valence-corrected chi connectivity index (χ1v) is 17.7. The third-order valence-electron chi connectivity index (χ3n) is 7.92. The molecule has 0 bridgehead atoms. The van der Waals surface area contributed by atoms with Crippen molar-refractivity contribution in [3.63, 3.8) is 0 Å². The molecular formula is C33H59N2O5S+. The molecule has 236 valence electrons. The molecule has 1 aliphatic rings. The summed E-state index contributed by atoms with van der Waals surface area (Å²) in [6, 6.07) is 0. The van der Waals surface area contributed by atoms with Crippen LogP contribution < -0.4 is 9.88 Å². The fraction of sp³-hybridized carbons (Fsp3) is 0.848. The number of hydrogen-bond acceptors (Lipinski definition) is 6. The lowest BCUT2D eigenvalue weighted by molar-refractivity contribution is -0.692. The number of thiazole rings is 1. The Bertz CT molecular complexity index is 761. The second-order valence-electron chi connectivity index (χ2n) is 11.8. The summed E-state index contributed by atoms with van der Waals surface area (Å²) in [6.45, 7) is 5.11. The first kappa shape index (κ1) is 35.5. The third kappa shape index (κ3) is 20.0. The predicted molar refractivity (Wildman–Crippen MR) is 166 cm³/mol. The van der Waals surface area contributed by atoms with Crippen molar-refractivity contribution < 1.29 is 28.4 Å². The van der Waals surface area contributed by atoms with Crippen molar-refractivity contribution in [3.05, 3.63) is 17.1 Å². The van der Waals surface area contributed by atoms with Gasteiger partial charge in [-0.3, -0.25) is 4.79 Å². The van der Waals surface area contributed by atoms with Crippen LogP contribution in [0.5, 0.6) is 0 Å². The molecule has 1 aromatic heterocycles. The number of unbranched alkanes of at least 4 members (excludes halogenated alkanes) is 16. The van der Waals surface area contributed by atoms with Crippen LogP contribution in [-0.2, 0) is 25.5 Å². The van der Waals surface area contributed by atoms with E-state index in [4.69, 9.17) is 14.2 Å². The molecule has 1 saturated heterocycles. The number of rotatable bonds is 26. The van der Waals surface area contributed by atoms with E-state index in [-0.39, 0.29) is 30.7 Å². The van der Waals surface area contributed by atoms with Gasteiger partial charge in [0, 0.05) is 25.3 Å². The van der Waals surface area contributed by atoms with Crippen LogP contribution in [0.2, 0.25) is 0 Å². The van der Waals surface area contributed by atoms with E-state index >= 15 is 0 Å². The monoisotopic (exact) mass is 595 g/mol. The number of aryl methyl sites for hydroxylation is 1. The van der Waals surface area contributed by atoms with Crippen molar-refractivity contribution >= 4 is 23.4 Å². The SMILES string of the molecule is CCCCCCCCCCCCCCCCCNC(=O)OC[C@H]1CO[C@H](COC(=O)CCCCC[n+]2ccsc2)C1. The van der Waals surface area contributed by atoms with Gasteiger partial charge in [0.05, 0.1) is 24.7 Å². The Morgan fingerprint density at radius 3 is 2.10 bits per heavy atom. The van der Waals surface area contributed by atoms with Crippen LogP contribution in [-0.4, -0.2) is 44.5 Å². The molecule has 0 spiro atoms. The number of nitrogens with one attached hydrogen (secondary N) is 1. The molecule has 0 radical (unpaired) electrons. The van der Waals surface area contributed by atoms with Crippen molar-refractivity contribution in [1.82, 2.24) is 5.32 Å².